The van der Waals surface area contributed by atoms with Gasteiger partial charge in [0.1, 0.15) is 0 Å². The summed E-state index contributed by atoms with van der Waals surface area (Å²) in [4.78, 5) is 13.6. The van der Waals surface area contributed by atoms with Crippen molar-refractivity contribution < 1.29 is 13.6 Å². The number of benzene rings is 1. The van der Waals surface area contributed by atoms with Crippen molar-refractivity contribution in [2.45, 2.75) is 32.2 Å². The molecule has 0 saturated carbocycles. The molecular formula is C13H15F2NO. The van der Waals surface area contributed by atoms with Gasteiger partial charge >= 0.3 is 0 Å². The average Bonchev–Trinajstić information content (AvgIpc) is 2.63. The number of carbonyl (C=O) groups is 1. The minimum absolute atomic E-state index is 0.0256. The third-order valence-electron chi connectivity index (χ3n) is 3.00. The molecule has 0 fully saturated rings. The second-order valence-electron chi connectivity index (χ2n) is 4.27. The fraction of sp³-hybridized carbons (Fsp3) is 0.462. The van der Waals surface area contributed by atoms with Gasteiger partial charge in [0.05, 0.1) is 0 Å². The lowest BCUT2D eigenvalue weighted by atomic mass is 10.1. The van der Waals surface area contributed by atoms with E-state index in [1.54, 1.807) is 4.90 Å². The van der Waals surface area contributed by atoms with Crippen LogP contribution in [0.1, 0.15) is 35.2 Å². The van der Waals surface area contributed by atoms with Gasteiger partial charge in [0, 0.05) is 25.1 Å². The fourth-order valence-corrected chi connectivity index (χ4v) is 2.10. The molecule has 0 unspecified atom stereocenters. The lowest BCUT2D eigenvalue weighted by Crippen LogP contribution is -2.25. The summed E-state index contributed by atoms with van der Waals surface area (Å²) in [5, 5.41) is 0. The van der Waals surface area contributed by atoms with Crippen LogP contribution in [0.15, 0.2) is 24.3 Å². The van der Waals surface area contributed by atoms with Gasteiger partial charge in [0.15, 0.2) is 0 Å². The largest absolute Gasteiger partial charge is 0.334 e. The van der Waals surface area contributed by atoms with Crippen molar-refractivity contribution in [3.63, 3.8) is 0 Å². The summed E-state index contributed by atoms with van der Waals surface area (Å²) >= 11 is 0. The Balaban J connectivity index is 1.84. The van der Waals surface area contributed by atoms with Gasteiger partial charge < -0.3 is 4.90 Å². The van der Waals surface area contributed by atoms with E-state index in [4.69, 9.17) is 0 Å². The molecular weight excluding hydrogens is 224 g/mol. The van der Waals surface area contributed by atoms with Crippen LogP contribution < -0.4 is 0 Å². The summed E-state index contributed by atoms with van der Waals surface area (Å²) in [5.41, 5.74) is 1.78. The average molecular weight is 239 g/mol. The number of amides is 1. The molecule has 1 aromatic rings. The van der Waals surface area contributed by atoms with Gasteiger partial charge in [0.2, 0.25) is 6.43 Å². The number of unbranched alkanes of at least 4 members (excludes halogenated alkanes) is 1. The second kappa shape index (κ2) is 5.25. The minimum Gasteiger partial charge on any atom is -0.334 e. The molecule has 1 aromatic carbocycles. The number of rotatable bonds is 5. The van der Waals surface area contributed by atoms with Crippen molar-refractivity contribution in [3.8, 4) is 0 Å². The van der Waals surface area contributed by atoms with Crippen LogP contribution in [-0.4, -0.2) is 23.8 Å². The monoisotopic (exact) mass is 239 g/mol. The predicted octanol–water partition coefficient (Wildman–Crippen LogP) is 3.08. The zero-order valence-corrected chi connectivity index (χ0v) is 9.53. The highest BCUT2D eigenvalue weighted by atomic mass is 19.3. The van der Waals surface area contributed by atoms with Crippen LogP contribution in [0.3, 0.4) is 0 Å². The van der Waals surface area contributed by atoms with Crippen molar-refractivity contribution in [3.05, 3.63) is 35.4 Å². The molecule has 0 atom stereocenters. The van der Waals surface area contributed by atoms with Gasteiger partial charge in [-0.15, -0.1) is 0 Å². The molecule has 4 heteroatoms. The second-order valence-corrected chi connectivity index (χ2v) is 4.27. The summed E-state index contributed by atoms with van der Waals surface area (Å²) < 4.78 is 23.9. The van der Waals surface area contributed by atoms with Gasteiger partial charge in [-0.25, -0.2) is 8.78 Å². The first kappa shape index (κ1) is 12.0. The Bertz CT molecular complexity index is 406. The number of alkyl halides is 2. The van der Waals surface area contributed by atoms with Crippen molar-refractivity contribution >= 4 is 5.91 Å². The van der Waals surface area contributed by atoms with E-state index >= 15 is 0 Å². The van der Waals surface area contributed by atoms with Gasteiger partial charge in [0.25, 0.3) is 5.91 Å². The molecule has 2 nitrogen and oxygen atoms in total. The van der Waals surface area contributed by atoms with E-state index in [-0.39, 0.29) is 12.3 Å². The van der Waals surface area contributed by atoms with Crippen molar-refractivity contribution in [1.29, 1.82) is 0 Å². The number of hydrogen-bond donors (Lipinski definition) is 0. The van der Waals surface area contributed by atoms with Crippen molar-refractivity contribution in [2.24, 2.45) is 0 Å². The Labute approximate surface area is 99.2 Å². The molecule has 0 aliphatic carbocycles. The Morgan fingerprint density at radius 1 is 1.24 bits per heavy atom. The van der Waals surface area contributed by atoms with E-state index in [2.05, 4.69) is 0 Å². The maximum Gasteiger partial charge on any atom is 0.254 e. The number of fused-ring (bicyclic) bond motifs is 1. The fourth-order valence-electron chi connectivity index (χ4n) is 2.10. The van der Waals surface area contributed by atoms with Gasteiger partial charge in [-0.2, -0.15) is 0 Å². The van der Waals surface area contributed by atoms with Crippen LogP contribution in [0.2, 0.25) is 0 Å². The maximum absolute atomic E-state index is 11.9. The summed E-state index contributed by atoms with van der Waals surface area (Å²) in [5.74, 6) is 0.0256. The smallest absolute Gasteiger partial charge is 0.254 e. The van der Waals surface area contributed by atoms with Gasteiger partial charge in [-0.05, 0) is 24.5 Å². The summed E-state index contributed by atoms with van der Waals surface area (Å²) in [6, 6.07) is 7.51. The highest BCUT2D eigenvalue weighted by molar-refractivity contribution is 5.98. The predicted molar refractivity (Wildman–Crippen MR) is 61.0 cm³/mol. The van der Waals surface area contributed by atoms with Crippen LogP contribution in [0, 0.1) is 0 Å². The maximum atomic E-state index is 11.9. The minimum atomic E-state index is -2.23. The Morgan fingerprint density at radius 2 is 2.00 bits per heavy atom. The SMILES string of the molecule is O=C1c2ccccc2CN1CCCCC(F)F. The lowest BCUT2D eigenvalue weighted by Gasteiger charge is -2.15. The highest BCUT2D eigenvalue weighted by Gasteiger charge is 2.25. The molecule has 1 heterocycles. The standard InChI is InChI=1S/C13H15F2NO/c14-12(15)7-3-4-8-16-9-10-5-1-2-6-11(10)13(16)17/h1-2,5-6,12H,3-4,7-9H2. The quantitative estimate of drug-likeness (QED) is 0.723. The molecule has 1 aliphatic heterocycles. The van der Waals surface area contributed by atoms with E-state index in [1.807, 2.05) is 24.3 Å². The molecule has 1 amide bonds. The molecule has 0 bridgehead atoms. The van der Waals surface area contributed by atoms with Gasteiger partial charge in [-0.3, -0.25) is 4.79 Å². The van der Waals surface area contributed by atoms with Crippen LogP contribution in [0.25, 0.3) is 0 Å². The van der Waals surface area contributed by atoms with Crippen molar-refractivity contribution in [2.75, 3.05) is 6.54 Å². The molecule has 0 N–H and O–H groups in total. The normalized spacial score (nSPS) is 14.5. The zero-order valence-electron chi connectivity index (χ0n) is 9.53. The molecule has 92 valence electrons. The Hall–Kier alpha value is -1.45. The van der Waals surface area contributed by atoms with E-state index in [1.165, 1.54) is 0 Å². The lowest BCUT2D eigenvalue weighted by molar-refractivity contribution is 0.0771. The molecule has 2 rings (SSSR count). The molecule has 0 aromatic heterocycles. The third-order valence-corrected chi connectivity index (χ3v) is 3.00. The van der Waals surface area contributed by atoms with E-state index in [0.717, 1.165) is 11.1 Å². The van der Waals surface area contributed by atoms with Crippen LogP contribution in [0.5, 0.6) is 0 Å². The number of carbonyl (C=O) groups excluding carboxylic acids is 1. The van der Waals surface area contributed by atoms with E-state index < -0.39 is 6.43 Å². The molecule has 17 heavy (non-hydrogen) atoms. The van der Waals surface area contributed by atoms with Crippen LogP contribution in [-0.2, 0) is 6.54 Å². The summed E-state index contributed by atoms with van der Waals surface area (Å²) in [6.07, 6.45) is -1.20. The highest BCUT2D eigenvalue weighted by Crippen LogP contribution is 2.22. The van der Waals surface area contributed by atoms with Gasteiger partial charge in [-0.1, -0.05) is 18.2 Å². The van der Waals surface area contributed by atoms with E-state index in [9.17, 15) is 13.6 Å². The number of halogens is 2. The first-order chi connectivity index (χ1) is 8.18. The van der Waals surface area contributed by atoms with Crippen molar-refractivity contribution in [1.82, 2.24) is 4.90 Å². The first-order valence-corrected chi connectivity index (χ1v) is 5.84. The molecule has 0 radical (unpaired) electrons. The zero-order chi connectivity index (χ0) is 12.3. The summed E-state index contributed by atoms with van der Waals surface area (Å²) in [7, 11) is 0. The summed E-state index contributed by atoms with van der Waals surface area (Å²) in [6.45, 7) is 1.18. The topological polar surface area (TPSA) is 20.3 Å². The molecule has 0 spiro atoms. The van der Waals surface area contributed by atoms with E-state index in [0.29, 0.717) is 25.9 Å². The third kappa shape index (κ3) is 2.81. The van der Waals surface area contributed by atoms with Crippen LogP contribution >= 0.6 is 0 Å². The Morgan fingerprint density at radius 3 is 2.71 bits per heavy atom. The molecule has 0 saturated heterocycles. The number of hydrogen-bond acceptors (Lipinski definition) is 1. The Kier molecular flexibility index (Phi) is 3.71. The molecule has 1 aliphatic rings. The first-order valence-electron chi connectivity index (χ1n) is 5.84. The number of nitrogens with zero attached hydrogens (tertiary/aromatic N) is 1. The van der Waals surface area contributed by atoms with Crippen LogP contribution in [0.4, 0.5) is 8.78 Å².